The van der Waals surface area contributed by atoms with E-state index in [9.17, 15) is 8.42 Å². The van der Waals surface area contributed by atoms with Crippen LogP contribution in [-0.2, 0) is 14.8 Å². The molecule has 0 unspecified atom stereocenters. The molecule has 1 rings (SSSR count). The Morgan fingerprint density at radius 3 is 2.42 bits per heavy atom. The van der Waals surface area contributed by atoms with Crippen LogP contribution in [0, 0.1) is 13.8 Å². The summed E-state index contributed by atoms with van der Waals surface area (Å²) in [7, 11) is 1.55. The van der Waals surface area contributed by atoms with Crippen LogP contribution in [-0.4, -0.2) is 8.42 Å². The van der Waals surface area contributed by atoms with Crippen LogP contribution in [0.1, 0.15) is 17.1 Å². The van der Waals surface area contributed by atoms with Gasteiger partial charge in [0.05, 0.1) is 0 Å². The number of aryl methyl sites for hydroxylation is 2. The zero-order valence-corrected chi connectivity index (χ0v) is 8.37. The summed E-state index contributed by atoms with van der Waals surface area (Å²) in [5.74, 6) is 0.874. The first-order valence-corrected chi connectivity index (χ1v) is 5.84. The maximum absolute atomic E-state index is 10.7. The van der Waals surface area contributed by atoms with E-state index in [-0.39, 0.29) is 5.75 Å². The van der Waals surface area contributed by atoms with Gasteiger partial charge in [0.1, 0.15) is 17.3 Å². The molecule has 0 atom stereocenters. The lowest BCUT2D eigenvalue weighted by Gasteiger charge is -1.93. The second kappa shape index (κ2) is 3.11. The molecule has 0 saturated carbocycles. The lowest BCUT2D eigenvalue weighted by atomic mass is 10.3. The molecule has 0 fully saturated rings. The fraction of sp³-hybridized carbons (Fsp3) is 0.429. The van der Waals surface area contributed by atoms with E-state index in [1.54, 1.807) is 19.9 Å². The molecular formula is C7H9ClO3S. The Hall–Kier alpha value is -0.480. The van der Waals surface area contributed by atoms with Gasteiger partial charge in [-0.3, -0.25) is 0 Å². The largest absolute Gasteiger partial charge is 0.465 e. The van der Waals surface area contributed by atoms with E-state index in [2.05, 4.69) is 0 Å². The zero-order chi connectivity index (χ0) is 9.35. The van der Waals surface area contributed by atoms with Crippen LogP contribution >= 0.6 is 10.7 Å². The third-order valence-corrected chi connectivity index (χ3v) is 2.38. The SMILES string of the molecule is Cc1cc(C)c(CS(=O)(=O)Cl)o1. The molecule has 68 valence electrons. The molecule has 5 heteroatoms. The van der Waals surface area contributed by atoms with Crippen LogP contribution in [0.15, 0.2) is 10.5 Å². The number of rotatable bonds is 2. The van der Waals surface area contributed by atoms with E-state index in [0.717, 1.165) is 5.56 Å². The lowest BCUT2D eigenvalue weighted by Crippen LogP contribution is -1.94. The Morgan fingerprint density at radius 1 is 1.50 bits per heavy atom. The minimum atomic E-state index is -3.51. The predicted octanol–water partition coefficient (Wildman–Crippen LogP) is 1.97. The summed E-state index contributed by atoms with van der Waals surface area (Å²) in [6.45, 7) is 3.55. The summed E-state index contributed by atoms with van der Waals surface area (Å²) < 4.78 is 26.5. The van der Waals surface area contributed by atoms with E-state index < -0.39 is 9.05 Å². The summed E-state index contributed by atoms with van der Waals surface area (Å²) in [6.07, 6.45) is 0. The maximum Gasteiger partial charge on any atom is 0.239 e. The van der Waals surface area contributed by atoms with Gasteiger partial charge in [0.15, 0.2) is 0 Å². The van der Waals surface area contributed by atoms with Crippen LogP contribution in [0.25, 0.3) is 0 Å². The van der Waals surface area contributed by atoms with Crippen LogP contribution in [0.4, 0.5) is 0 Å². The van der Waals surface area contributed by atoms with Gasteiger partial charge in [0, 0.05) is 10.7 Å². The molecule has 1 aromatic heterocycles. The van der Waals surface area contributed by atoms with Gasteiger partial charge in [-0.25, -0.2) is 8.42 Å². The number of halogens is 1. The van der Waals surface area contributed by atoms with Gasteiger partial charge >= 0.3 is 0 Å². The monoisotopic (exact) mass is 208 g/mol. The van der Waals surface area contributed by atoms with Crippen molar-refractivity contribution in [3.63, 3.8) is 0 Å². The summed E-state index contributed by atoms with van der Waals surface area (Å²) in [6, 6.07) is 1.78. The van der Waals surface area contributed by atoms with Crippen LogP contribution in [0.3, 0.4) is 0 Å². The predicted molar refractivity (Wildman–Crippen MR) is 46.7 cm³/mol. The van der Waals surface area contributed by atoms with E-state index >= 15 is 0 Å². The normalized spacial score (nSPS) is 11.9. The number of hydrogen-bond acceptors (Lipinski definition) is 3. The van der Waals surface area contributed by atoms with Gasteiger partial charge in [-0.1, -0.05) is 0 Å². The molecule has 3 nitrogen and oxygen atoms in total. The summed E-state index contributed by atoms with van der Waals surface area (Å²) >= 11 is 0. The van der Waals surface area contributed by atoms with Crippen molar-refractivity contribution in [3.8, 4) is 0 Å². The molecule has 1 heterocycles. The minimum Gasteiger partial charge on any atom is -0.465 e. The highest BCUT2D eigenvalue weighted by molar-refractivity contribution is 8.13. The molecule has 0 aliphatic heterocycles. The van der Waals surface area contributed by atoms with Crippen molar-refractivity contribution in [3.05, 3.63) is 23.2 Å². The van der Waals surface area contributed by atoms with Crippen molar-refractivity contribution in [1.82, 2.24) is 0 Å². The second-order valence-corrected chi connectivity index (χ2v) is 5.42. The van der Waals surface area contributed by atoms with Crippen LogP contribution < -0.4 is 0 Å². The van der Waals surface area contributed by atoms with Crippen molar-refractivity contribution in [2.24, 2.45) is 0 Å². The Balaban J connectivity index is 2.97. The third kappa shape index (κ3) is 2.53. The first kappa shape index (κ1) is 9.61. The highest BCUT2D eigenvalue weighted by Gasteiger charge is 2.13. The standard InChI is InChI=1S/C7H9ClO3S/c1-5-3-6(2)11-7(5)4-12(8,9)10/h3H,4H2,1-2H3. The molecule has 0 N–H and O–H groups in total. The molecule has 0 aromatic carbocycles. The Morgan fingerprint density at radius 2 is 2.08 bits per heavy atom. The second-order valence-electron chi connectivity index (χ2n) is 2.65. The molecule has 0 spiro atoms. The van der Waals surface area contributed by atoms with Crippen molar-refractivity contribution in [1.29, 1.82) is 0 Å². The Kier molecular flexibility index (Phi) is 2.49. The number of furan rings is 1. The fourth-order valence-corrected chi connectivity index (χ4v) is 1.89. The van der Waals surface area contributed by atoms with Crippen molar-refractivity contribution in [2.75, 3.05) is 0 Å². The number of hydrogen-bond donors (Lipinski definition) is 0. The molecule has 0 aliphatic rings. The van der Waals surface area contributed by atoms with Crippen molar-refractivity contribution in [2.45, 2.75) is 19.6 Å². The van der Waals surface area contributed by atoms with E-state index in [1.807, 2.05) is 0 Å². The first-order chi connectivity index (χ1) is 5.38. The zero-order valence-electron chi connectivity index (χ0n) is 6.80. The highest BCUT2D eigenvalue weighted by Crippen LogP contribution is 2.17. The molecule has 12 heavy (non-hydrogen) atoms. The van der Waals surface area contributed by atoms with E-state index in [4.69, 9.17) is 15.1 Å². The van der Waals surface area contributed by atoms with Gasteiger partial charge < -0.3 is 4.42 Å². The molecule has 0 aliphatic carbocycles. The minimum absolute atomic E-state index is 0.242. The Bertz CT molecular complexity index is 377. The molecule has 0 amide bonds. The molecule has 0 radical (unpaired) electrons. The average Bonchev–Trinajstić information content (AvgIpc) is 2.06. The fourth-order valence-electron chi connectivity index (χ4n) is 0.990. The quantitative estimate of drug-likeness (QED) is 0.699. The summed E-state index contributed by atoms with van der Waals surface area (Å²) in [4.78, 5) is 0. The molecule has 0 saturated heterocycles. The summed E-state index contributed by atoms with van der Waals surface area (Å²) in [5, 5.41) is 0. The third-order valence-electron chi connectivity index (χ3n) is 1.45. The van der Waals surface area contributed by atoms with Crippen molar-refractivity contribution < 1.29 is 12.8 Å². The van der Waals surface area contributed by atoms with E-state index in [0.29, 0.717) is 11.5 Å². The molecular weight excluding hydrogens is 200 g/mol. The van der Waals surface area contributed by atoms with Gasteiger partial charge in [0.25, 0.3) is 0 Å². The van der Waals surface area contributed by atoms with Crippen LogP contribution in [0.5, 0.6) is 0 Å². The first-order valence-electron chi connectivity index (χ1n) is 3.37. The lowest BCUT2D eigenvalue weighted by molar-refractivity contribution is 0.494. The van der Waals surface area contributed by atoms with E-state index in [1.165, 1.54) is 0 Å². The smallest absolute Gasteiger partial charge is 0.239 e. The van der Waals surface area contributed by atoms with Crippen molar-refractivity contribution >= 4 is 19.7 Å². The maximum atomic E-state index is 10.7. The van der Waals surface area contributed by atoms with Gasteiger partial charge in [-0.2, -0.15) is 0 Å². The topological polar surface area (TPSA) is 47.3 Å². The Labute approximate surface area is 75.8 Å². The highest BCUT2D eigenvalue weighted by atomic mass is 35.7. The van der Waals surface area contributed by atoms with Gasteiger partial charge in [0.2, 0.25) is 9.05 Å². The van der Waals surface area contributed by atoms with Gasteiger partial charge in [-0.05, 0) is 25.5 Å². The summed E-state index contributed by atoms with van der Waals surface area (Å²) in [5.41, 5.74) is 0.816. The van der Waals surface area contributed by atoms with Gasteiger partial charge in [-0.15, -0.1) is 0 Å². The average molecular weight is 209 g/mol. The molecule has 1 aromatic rings. The van der Waals surface area contributed by atoms with Crippen LogP contribution in [0.2, 0.25) is 0 Å². The molecule has 0 bridgehead atoms.